The number of amides is 1. The molecule has 14 heteroatoms. The summed E-state index contributed by atoms with van der Waals surface area (Å²) in [5.74, 6) is -1.11. The lowest BCUT2D eigenvalue weighted by atomic mass is 9.89. The first-order chi connectivity index (χ1) is 19.7. The van der Waals surface area contributed by atoms with E-state index in [0.717, 1.165) is 18.2 Å². The molecule has 0 aliphatic carbocycles. The monoisotopic (exact) mass is 613 g/mol. The molecule has 1 aromatic heterocycles. The van der Waals surface area contributed by atoms with Gasteiger partial charge in [-0.3, -0.25) is 4.79 Å². The largest absolute Gasteiger partial charge is 0.493 e. The molecule has 0 fully saturated rings. The van der Waals surface area contributed by atoms with E-state index in [-0.39, 0.29) is 52.8 Å². The van der Waals surface area contributed by atoms with Crippen LogP contribution in [-0.2, 0) is 11.1 Å². The molecule has 2 heterocycles. The molecule has 1 aliphatic rings. The number of rotatable bonds is 10. The fourth-order valence-electron chi connectivity index (χ4n) is 4.26. The van der Waals surface area contributed by atoms with Crippen LogP contribution >= 0.6 is 11.8 Å². The lowest BCUT2D eigenvalue weighted by Crippen LogP contribution is -2.51. The van der Waals surface area contributed by atoms with E-state index in [1.165, 1.54) is 44.4 Å². The van der Waals surface area contributed by atoms with E-state index in [2.05, 4.69) is 15.1 Å². The number of carbonyl (C=O) groups excluding carboxylic acids is 1. The molecule has 2 aromatic carbocycles. The minimum atomic E-state index is -5.30. The maximum atomic E-state index is 14.6. The van der Waals surface area contributed by atoms with Gasteiger partial charge >= 0.3 is 6.18 Å². The van der Waals surface area contributed by atoms with Gasteiger partial charge in [-0.1, -0.05) is 0 Å². The molecule has 1 amide bonds. The lowest BCUT2D eigenvalue weighted by Gasteiger charge is -2.31. The Hall–Kier alpha value is -3.65. The summed E-state index contributed by atoms with van der Waals surface area (Å²) in [7, 11) is 1.31. The number of aliphatic hydroxyl groups excluding tert-OH is 1. The average Bonchev–Trinajstić information content (AvgIpc) is 3.30. The Labute approximate surface area is 243 Å². The van der Waals surface area contributed by atoms with Crippen LogP contribution in [0, 0.1) is 5.82 Å². The number of fused-ring (bicyclic) bond motifs is 1. The van der Waals surface area contributed by atoms with Gasteiger partial charge in [-0.2, -0.15) is 13.2 Å². The Morgan fingerprint density at radius 3 is 2.48 bits per heavy atom. The number of alkyl halides is 3. The summed E-state index contributed by atoms with van der Waals surface area (Å²) >= 11 is 5.92. The molecule has 0 bridgehead atoms. The van der Waals surface area contributed by atoms with Crippen molar-refractivity contribution in [1.29, 1.82) is 0 Å². The topological polar surface area (TPSA) is 122 Å². The van der Waals surface area contributed by atoms with Gasteiger partial charge in [0.25, 0.3) is 5.91 Å². The third kappa shape index (κ3) is 6.09. The van der Waals surface area contributed by atoms with Gasteiger partial charge in [-0.25, -0.2) is 14.2 Å². The number of pyridine rings is 1. The van der Waals surface area contributed by atoms with Crippen LogP contribution in [-0.4, -0.2) is 60.3 Å². The third-order valence-electron chi connectivity index (χ3n) is 6.70. The van der Waals surface area contributed by atoms with Crippen LogP contribution in [0.3, 0.4) is 0 Å². The first-order valence-corrected chi connectivity index (χ1v) is 13.0. The second-order valence-corrected chi connectivity index (χ2v) is 10.2. The molecule has 0 radical (unpaired) electrons. The van der Waals surface area contributed by atoms with Gasteiger partial charge in [-0.15, -0.1) is 0 Å². The van der Waals surface area contributed by atoms with Gasteiger partial charge < -0.3 is 29.7 Å². The predicted molar refractivity (Wildman–Crippen MR) is 144 cm³/mol. The Bertz CT molecular complexity index is 1460. The summed E-state index contributed by atoms with van der Waals surface area (Å²) in [6, 6.07) is 9.75. The number of methoxy groups -OCH3 is 1. The van der Waals surface area contributed by atoms with E-state index >= 15 is 0 Å². The van der Waals surface area contributed by atoms with E-state index in [4.69, 9.17) is 26.0 Å². The van der Waals surface area contributed by atoms with Crippen LogP contribution in [0.4, 0.5) is 17.6 Å². The summed E-state index contributed by atoms with van der Waals surface area (Å²) in [5.41, 5.74) is -5.41. The number of nitrogens with one attached hydrogen (secondary N) is 2. The van der Waals surface area contributed by atoms with Crippen molar-refractivity contribution in [1.82, 2.24) is 15.1 Å². The molecule has 0 unspecified atom stereocenters. The molecule has 0 saturated heterocycles. The van der Waals surface area contributed by atoms with Crippen molar-refractivity contribution in [3.05, 3.63) is 71.2 Å². The molecule has 226 valence electrons. The number of benzene rings is 2. The van der Waals surface area contributed by atoms with E-state index < -0.39 is 47.4 Å². The number of hydrogen-bond donors (Lipinski definition) is 4. The SMILES string of the molecule is COc1cc(C(=O)NC[C@@](O)(c2cc3c(c(-c4ccc(F)cc4)n2)OC[C@]3(C)NCl)C(F)(F)F)ccc1OC[C@@H](C)O. The van der Waals surface area contributed by atoms with Crippen LogP contribution < -0.4 is 24.4 Å². The summed E-state index contributed by atoms with van der Waals surface area (Å²) in [6.45, 7) is 1.66. The van der Waals surface area contributed by atoms with Crippen molar-refractivity contribution in [2.75, 3.05) is 26.9 Å². The smallest absolute Gasteiger partial charge is 0.424 e. The van der Waals surface area contributed by atoms with Crippen molar-refractivity contribution in [3.63, 3.8) is 0 Å². The highest BCUT2D eigenvalue weighted by molar-refractivity contribution is 6.14. The highest BCUT2D eigenvalue weighted by atomic mass is 35.5. The zero-order valence-electron chi connectivity index (χ0n) is 22.7. The van der Waals surface area contributed by atoms with Crippen LogP contribution in [0.15, 0.2) is 48.5 Å². The van der Waals surface area contributed by atoms with Crippen molar-refractivity contribution in [2.45, 2.75) is 37.3 Å². The van der Waals surface area contributed by atoms with Crippen molar-refractivity contribution < 1.29 is 46.8 Å². The number of aliphatic hydroxyl groups is 2. The van der Waals surface area contributed by atoms with Crippen LogP contribution in [0.2, 0.25) is 0 Å². The van der Waals surface area contributed by atoms with Crippen molar-refractivity contribution in [2.24, 2.45) is 0 Å². The van der Waals surface area contributed by atoms with E-state index in [1.54, 1.807) is 6.92 Å². The van der Waals surface area contributed by atoms with Crippen LogP contribution in [0.1, 0.15) is 35.5 Å². The normalized spacial score (nSPS) is 18.4. The predicted octanol–water partition coefficient (Wildman–Crippen LogP) is 4.19. The summed E-state index contributed by atoms with van der Waals surface area (Å²) in [4.78, 5) is 19.5. The van der Waals surface area contributed by atoms with Gasteiger partial charge in [0.05, 0.1) is 31.0 Å². The molecule has 3 atom stereocenters. The minimum absolute atomic E-state index is 0.0580. The second-order valence-electron chi connectivity index (χ2n) is 10.0. The van der Waals surface area contributed by atoms with Gasteiger partial charge in [0, 0.05) is 16.7 Å². The minimum Gasteiger partial charge on any atom is -0.493 e. The molecule has 9 nitrogen and oxygen atoms in total. The van der Waals surface area contributed by atoms with Crippen molar-refractivity contribution >= 4 is 17.7 Å². The van der Waals surface area contributed by atoms with Crippen LogP contribution in [0.5, 0.6) is 17.2 Å². The molecule has 1 aliphatic heterocycles. The fraction of sp³-hybridized carbons (Fsp3) is 0.357. The molecule has 4 rings (SSSR count). The van der Waals surface area contributed by atoms with Gasteiger partial charge in [0.2, 0.25) is 5.60 Å². The molecular formula is C28H28ClF4N3O6. The van der Waals surface area contributed by atoms with E-state index in [0.29, 0.717) is 0 Å². The highest BCUT2D eigenvalue weighted by Crippen LogP contribution is 2.47. The molecule has 4 N–H and O–H groups in total. The molecule has 0 saturated carbocycles. The first kappa shape index (κ1) is 31.3. The van der Waals surface area contributed by atoms with Gasteiger partial charge in [-0.05, 0) is 74.2 Å². The molecule has 3 aromatic rings. The number of halogens is 5. The van der Waals surface area contributed by atoms with Gasteiger partial charge in [0.15, 0.2) is 17.2 Å². The average molecular weight is 614 g/mol. The molecule has 0 spiro atoms. The Kier molecular flexibility index (Phi) is 8.88. The Morgan fingerprint density at radius 2 is 1.88 bits per heavy atom. The number of hydrogen-bond acceptors (Lipinski definition) is 8. The van der Waals surface area contributed by atoms with E-state index in [1.807, 2.05) is 0 Å². The maximum Gasteiger partial charge on any atom is 0.424 e. The highest BCUT2D eigenvalue weighted by Gasteiger charge is 2.57. The number of aromatic nitrogens is 1. The van der Waals surface area contributed by atoms with Crippen LogP contribution in [0.25, 0.3) is 11.3 Å². The molecule has 42 heavy (non-hydrogen) atoms. The summed E-state index contributed by atoms with van der Waals surface area (Å²) < 4.78 is 73.6. The summed E-state index contributed by atoms with van der Waals surface area (Å²) in [5, 5.41) is 22.7. The Balaban J connectivity index is 1.71. The quantitative estimate of drug-likeness (QED) is 0.198. The van der Waals surface area contributed by atoms with Gasteiger partial charge in [0.1, 0.15) is 24.7 Å². The first-order valence-electron chi connectivity index (χ1n) is 12.6. The summed E-state index contributed by atoms with van der Waals surface area (Å²) in [6.07, 6.45) is -6.08. The zero-order chi connectivity index (χ0) is 30.9. The number of carbonyl (C=O) groups is 1. The standard InChI is InChI=1S/C28H28ClF4N3O6/c1-15(37)12-41-20-9-6-17(10-21(20)40-3)25(38)34-13-27(39,28(31,32)33)22-11-19-24(42-14-26(19,2)36-29)23(35-22)16-4-7-18(30)8-5-16/h4-11,15,36-37,39H,12-14H2,1-3H3,(H,34,38)/t15-,26+,27-/m1/s1. The number of nitrogens with zero attached hydrogens (tertiary/aromatic N) is 1. The Morgan fingerprint density at radius 1 is 1.19 bits per heavy atom. The number of ether oxygens (including phenoxy) is 3. The second kappa shape index (κ2) is 11.9. The zero-order valence-corrected chi connectivity index (χ0v) is 23.4. The fourth-order valence-corrected chi connectivity index (χ4v) is 4.42. The maximum absolute atomic E-state index is 14.6. The van der Waals surface area contributed by atoms with Crippen molar-refractivity contribution in [3.8, 4) is 28.5 Å². The molecular weight excluding hydrogens is 586 g/mol. The lowest BCUT2D eigenvalue weighted by molar-refractivity contribution is -0.265. The third-order valence-corrected chi connectivity index (χ3v) is 7.12. The van der Waals surface area contributed by atoms with E-state index in [9.17, 15) is 32.6 Å².